The summed E-state index contributed by atoms with van der Waals surface area (Å²) in [6, 6.07) is 10.3. The molecular weight excluding hydrogens is 246 g/mol. The molecule has 0 aliphatic rings. The molecule has 0 saturated carbocycles. The van der Waals surface area contributed by atoms with Crippen molar-refractivity contribution in [3.63, 3.8) is 0 Å². The van der Waals surface area contributed by atoms with Gasteiger partial charge in [-0.15, -0.1) is 0 Å². The fraction of sp³-hybridized carbons (Fsp3) is 0.389. The Bertz CT molecular complexity index is 414. The lowest BCUT2D eigenvalue weighted by molar-refractivity contribution is -0.104. The summed E-state index contributed by atoms with van der Waals surface area (Å²) in [5.41, 5.74) is 9.17. The molecular formula is C18H27NO. The van der Waals surface area contributed by atoms with E-state index in [2.05, 4.69) is 32.1 Å². The van der Waals surface area contributed by atoms with Gasteiger partial charge in [0.05, 0.1) is 0 Å². The van der Waals surface area contributed by atoms with Crippen LogP contribution >= 0.6 is 0 Å². The highest BCUT2D eigenvalue weighted by molar-refractivity contribution is 5.65. The van der Waals surface area contributed by atoms with Gasteiger partial charge in [0.1, 0.15) is 6.29 Å². The molecule has 0 heterocycles. The second-order valence-electron chi connectivity index (χ2n) is 4.99. The van der Waals surface area contributed by atoms with Crippen LogP contribution in [-0.4, -0.2) is 12.8 Å². The maximum Gasteiger partial charge on any atom is 0.142 e. The van der Waals surface area contributed by atoms with Gasteiger partial charge in [0, 0.05) is 0 Å². The second-order valence-corrected chi connectivity index (χ2v) is 4.99. The van der Waals surface area contributed by atoms with Crippen LogP contribution in [-0.2, 0) is 11.2 Å². The van der Waals surface area contributed by atoms with Crippen LogP contribution in [0.1, 0.15) is 39.2 Å². The SMILES string of the molecule is CC(C)=CCC/C(C)=C/C=O.NCCc1ccccc1. The Morgan fingerprint density at radius 2 is 1.80 bits per heavy atom. The summed E-state index contributed by atoms with van der Waals surface area (Å²) < 4.78 is 0. The Hall–Kier alpha value is -1.67. The molecule has 0 aliphatic carbocycles. The third-order valence-electron chi connectivity index (χ3n) is 2.72. The maximum atomic E-state index is 10.0. The first-order valence-electron chi connectivity index (χ1n) is 7.08. The molecule has 0 fully saturated rings. The summed E-state index contributed by atoms with van der Waals surface area (Å²) in [6.45, 7) is 6.88. The lowest BCUT2D eigenvalue weighted by atomic mass is 10.1. The van der Waals surface area contributed by atoms with Crippen molar-refractivity contribution in [2.24, 2.45) is 5.73 Å². The number of hydrogen-bond donors (Lipinski definition) is 1. The zero-order chi connectivity index (χ0) is 15.2. The topological polar surface area (TPSA) is 43.1 Å². The van der Waals surface area contributed by atoms with Crippen LogP contribution in [0, 0.1) is 0 Å². The molecule has 1 aromatic rings. The predicted molar refractivity (Wildman–Crippen MR) is 87.7 cm³/mol. The molecule has 20 heavy (non-hydrogen) atoms. The van der Waals surface area contributed by atoms with Gasteiger partial charge < -0.3 is 5.73 Å². The molecule has 1 aromatic carbocycles. The lowest BCUT2D eigenvalue weighted by Crippen LogP contribution is -2.01. The van der Waals surface area contributed by atoms with Crippen molar-refractivity contribution in [3.8, 4) is 0 Å². The largest absolute Gasteiger partial charge is 0.330 e. The molecule has 1 rings (SSSR count). The van der Waals surface area contributed by atoms with E-state index in [1.54, 1.807) is 6.08 Å². The average molecular weight is 273 g/mol. The van der Waals surface area contributed by atoms with Crippen molar-refractivity contribution < 1.29 is 4.79 Å². The number of hydrogen-bond acceptors (Lipinski definition) is 2. The molecule has 0 spiro atoms. The molecule has 0 bridgehead atoms. The van der Waals surface area contributed by atoms with E-state index < -0.39 is 0 Å². The molecule has 0 radical (unpaired) electrons. The molecule has 2 nitrogen and oxygen atoms in total. The predicted octanol–water partition coefficient (Wildman–Crippen LogP) is 4.07. The molecule has 2 N–H and O–H groups in total. The number of benzene rings is 1. The highest BCUT2D eigenvalue weighted by Gasteiger charge is 1.86. The number of allylic oxidation sites excluding steroid dienone is 4. The van der Waals surface area contributed by atoms with Crippen LogP contribution < -0.4 is 5.73 Å². The number of carbonyl (C=O) groups is 1. The van der Waals surface area contributed by atoms with Crippen LogP contribution in [0.25, 0.3) is 0 Å². The molecule has 0 aliphatic heterocycles. The van der Waals surface area contributed by atoms with Gasteiger partial charge >= 0.3 is 0 Å². The molecule has 2 heteroatoms. The minimum atomic E-state index is 0.740. The van der Waals surface area contributed by atoms with Crippen LogP contribution in [0.5, 0.6) is 0 Å². The smallest absolute Gasteiger partial charge is 0.142 e. The van der Waals surface area contributed by atoms with Crippen molar-refractivity contribution in [1.29, 1.82) is 0 Å². The molecule has 0 aromatic heterocycles. The zero-order valence-corrected chi connectivity index (χ0v) is 12.9. The van der Waals surface area contributed by atoms with Gasteiger partial charge in [0.2, 0.25) is 0 Å². The molecule has 0 unspecified atom stereocenters. The maximum absolute atomic E-state index is 10.0. The third kappa shape index (κ3) is 11.4. The van der Waals surface area contributed by atoms with Crippen molar-refractivity contribution in [2.45, 2.75) is 40.0 Å². The lowest BCUT2D eigenvalue weighted by Gasteiger charge is -1.94. The van der Waals surface area contributed by atoms with Gasteiger partial charge in [0.15, 0.2) is 0 Å². The molecule has 0 amide bonds. The van der Waals surface area contributed by atoms with E-state index in [1.165, 1.54) is 11.1 Å². The minimum absolute atomic E-state index is 0.740. The van der Waals surface area contributed by atoms with E-state index in [9.17, 15) is 4.79 Å². The van der Waals surface area contributed by atoms with E-state index in [4.69, 9.17) is 5.73 Å². The summed E-state index contributed by atoms with van der Waals surface area (Å²) in [4.78, 5) is 10.0. The first-order chi connectivity index (χ1) is 9.60. The fourth-order valence-electron chi connectivity index (χ4n) is 1.60. The Balaban J connectivity index is 0.000000367. The van der Waals surface area contributed by atoms with Crippen molar-refractivity contribution in [1.82, 2.24) is 0 Å². The summed E-state index contributed by atoms with van der Waals surface area (Å²) in [5, 5.41) is 0. The van der Waals surface area contributed by atoms with E-state index in [0.717, 1.165) is 37.7 Å². The summed E-state index contributed by atoms with van der Waals surface area (Å²) in [6.07, 6.45) is 7.67. The summed E-state index contributed by atoms with van der Waals surface area (Å²) in [7, 11) is 0. The Kier molecular flexibility index (Phi) is 11.3. The van der Waals surface area contributed by atoms with Gasteiger partial charge in [-0.2, -0.15) is 0 Å². The Labute approximate surface area is 123 Å². The minimum Gasteiger partial charge on any atom is -0.330 e. The standard InChI is InChI=1S/C10H16O.C8H11N/c1-9(2)5-4-6-10(3)7-8-11;9-7-6-8-4-2-1-3-5-8/h5,7-8H,4,6H2,1-3H3;1-5H,6-7,9H2/b10-7+;. The Morgan fingerprint density at radius 3 is 2.30 bits per heavy atom. The van der Waals surface area contributed by atoms with E-state index in [1.807, 2.05) is 25.1 Å². The highest BCUT2D eigenvalue weighted by atomic mass is 16.1. The van der Waals surface area contributed by atoms with E-state index >= 15 is 0 Å². The van der Waals surface area contributed by atoms with Gasteiger partial charge in [-0.05, 0) is 58.2 Å². The third-order valence-corrected chi connectivity index (χ3v) is 2.72. The molecule has 0 saturated heterocycles. The second kappa shape index (κ2) is 12.4. The number of nitrogens with two attached hydrogens (primary N) is 1. The first-order valence-corrected chi connectivity index (χ1v) is 7.08. The van der Waals surface area contributed by atoms with Crippen molar-refractivity contribution in [3.05, 3.63) is 59.2 Å². The van der Waals surface area contributed by atoms with Crippen LogP contribution in [0.3, 0.4) is 0 Å². The van der Waals surface area contributed by atoms with Gasteiger partial charge in [0.25, 0.3) is 0 Å². The quantitative estimate of drug-likeness (QED) is 0.482. The average Bonchev–Trinajstić information content (AvgIpc) is 2.41. The highest BCUT2D eigenvalue weighted by Crippen LogP contribution is 2.05. The summed E-state index contributed by atoms with van der Waals surface area (Å²) >= 11 is 0. The normalized spacial score (nSPS) is 10.3. The zero-order valence-electron chi connectivity index (χ0n) is 12.9. The Morgan fingerprint density at radius 1 is 1.15 bits per heavy atom. The fourth-order valence-corrected chi connectivity index (χ4v) is 1.60. The van der Waals surface area contributed by atoms with Crippen molar-refractivity contribution >= 4 is 6.29 Å². The first kappa shape index (κ1) is 18.3. The van der Waals surface area contributed by atoms with E-state index in [0.29, 0.717) is 0 Å². The number of aldehydes is 1. The van der Waals surface area contributed by atoms with Crippen LogP contribution in [0.15, 0.2) is 53.6 Å². The number of rotatable bonds is 6. The van der Waals surface area contributed by atoms with Crippen LogP contribution in [0.2, 0.25) is 0 Å². The van der Waals surface area contributed by atoms with Crippen LogP contribution in [0.4, 0.5) is 0 Å². The van der Waals surface area contributed by atoms with Gasteiger partial charge in [-0.1, -0.05) is 47.6 Å². The van der Waals surface area contributed by atoms with Gasteiger partial charge in [-0.3, -0.25) is 4.79 Å². The van der Waals surface area contributed by atoms with Gasteiger partial charge in [-0.25, -0.2) is 0 Å². The molecule has 110 valence electrons. The van der Waals surface area contributed by atoms with E-state index in [-0.39, 0.29) is 0 Å². The number of carbonyl (C=O) groups excluding carboxylic acids is 1. The summed E-state index contributed by atoms with van der Waals surface area (Å²) in [5.74, 6) is 0. The molecule has 0 atom stereocenters. The monoisotopic (exact) mass is 273 g/mol. The van der Waals surface area contributed by atoms with Crippen molar-refractivity contribution in [2.75, 3.05) is 6.54 Å².